The van der Waals surface area contributed by atoms with E-state index < -0.39 is 0 Å². The van der Waals surface area contributed by atoms with Crippen molar-refractivity contribution >= 4 is 34.9 Å². The average Bonchev–Trinajstić information content (AvgIpc) is 2.74. The van der Waals surface area contributed by atoms with Crippen molar-refractivity contribution in [2.75, 3.05) is 5.32 Å². The predicted octanol–water partition coefficient (Wildman–Crippen LogP) is 3.42. The number of halogens is 2. The largest absolute Gasteiger partial charge is 0.339 e. The van der Waals surface area contributed by atoms with Gasteiger partial charge in [0.15, 0.2) is 11.0 Å². The molecule has 0 radical (unpaired) electrons. The first-order valence-corrected chi connectivity index (χ1v) is 6.40. The van der Waals surface area contributed by atoms with Crippen molar-refractivity contribution in [2.24, 2.45) is 0 Å². The van der Waals surface area contributed by atoms with Crippen molar-refractivity contribution in [2.45, 2.75) is 19.9 Å². The van der Waals surface area contributed by atoms with Crippen LogP contribution in [0.15, 0.2) is 24.7 Å². The minimum Gasteiger partial charge on any atom is -0.339 e. The van der Waals surface area contributed by atoms with Crippen LogP contribution in [-0.4, -0.2) is 20.4 Å². The van der Waals surface area contributed by atoms with Gasteiger partial charge in [-0.15, -0.1) is 0 Å². The summed E-state index contributed by atoms with van der Waals surface area (Å²) in [4.78, 5) is 20.0. The van der Waals surface area contributed by atoms with Crippen LogP contribution in [0.4, 0.5) is 5.82 Å². The van der Waals surface area contributed by atoms with Crippen molar-refractivity contribution in [1.29, 1.82) is 0 Å². The summed E-state index contributed by atoms with van der Waals surface area (Å²) in [6.07, 6.45) is 4.61. The highest BCUT2D eigenvalue weighted by molar-refractivity contribution is 6.32. The maximum absolute atomic E-state index is 12.2. The molecule has 0 aliphatic rings. The smallest absolute Gasteiger partial charge is 0.273 e. The lowest BCUT2D eigenvalue weighted by molar-refractivity contribution is 0.101. The molecule has 2 aromatic rings. The second kappa shape index (κ2) is 5.59. The van der Waals surface area contributed by atoms with Gasteiger partial charge in [0.2, 0.25) is 0 Å². The molecule has 0 saturated heterocycles. The highest BCUT2D eigenvalue weighted by Gasteiger charge is 2.16. The summed E-state index contributed by atoms with van der Waals surface area (Å²) in [5.41, 5.74) is 0.446. The highest BCUT2D eigenvalue weighted by Crippen LogP contribution is 2.21. The van der Waals surface area contributed by atoms with Gasteiger partial charge in [0.1, 0.15) is 5.69 Å². The van der Waals surface area contributed by atoms with Crippen molar-refractivity contribution in [3.05, 3.63) is 40.5 Å². The van der Waals surface area contributed by atoms with E-state index >= 15 is 0 Å². The third-order valence-electron chi connectivity index (χ3n) is 2.49. The number of aromatic nitrogens is 3. The Morgan fingerprint density at radius 2 is 2.00 bits per heavy atom. The molecule has 0 bridgehead atoms. The summed E-state index contributed by atoms with van der Waals surface area (Å²) in [5, 5.41) is 3.26. The number of hydrogen-bond donors (Lipinski definition) is 1. The standard InChI is InChI=1S/C12H12Cl2N4O/c1-7(2)18-6-8(13)5-9(18)12(19)17-11-10(14)15-3-4-16-11/h3-7H,1-2H3,(H,16,17,19). The lowest BCUT2D eigenvalue weighted by Crippen LogP contribution is -2.18. The number of anilines is 1. The SMILES string of the molecule is CC(C)n1cc(Cl)cc1C(=O)Nc1nccnc1Cl. The van der Waals surface area contributed by atoms with Gasteiger partial charge in [0.25, 0.3) is 5.91 Å². The van der Waals surface area contributed by atoms with Gasteiger partial charge in [-0.25, -0.2) is 9.97 Å². The Hall–Kier alpha value is -1.59. The fourth-order valence-corrected chi connectivity index (χ4v) is 1.99. The Kier molecular flexibility index (Phi) is 4.07. The Morgan fingerprint density at radius 1 is 1.32 bits per heavy atom. The fourth-order valence-electron chi connectivity index (χ4n) is 1.63. The maximum Gasteiger partial charge on any atom is 0.273 e. The van der Waals surface area contributed by atoms with Gasteiger partial charge >= 0.3 is 0 Å². The van der Waals surface area contributed by atoms with E-state index in [0.29, 0.717) is 10.7 Å². The molecule has 0 aliphatic carbocycles. The van der Waals surface area contributed by atoms with E-state index in [1.165, 1.54) is 12.4 Å². The molecule has 19 heavy (non-hydrogen) atoms. The molecule has 2 aromatic heterocycles. The van der Waals surface area contributed by atoms with E-state index in [9.17, 15) is 4.79 Å². The van der Waals surface area contributed by atoms with Gasteiger partial charge in [-0.1, -0.05) is 23.2 Å². The zero-order valence-corrected chi connectivity index (χ0v) is 11.9. The van der Waals surface area contributed by atoms with Gasteiger partial charge in [-0.3, -0.25) is 4.79 Å². The Morgan fingerprint density at radius 3 is 2.63 bits per heavy atom. The molecule has 1 amide bonds. The third kappa shape index (κ3) is 3.05. The number of amides is 1. The number of hydrogen-bond acceptors (Lipinski definition) is 3. The molecule has 0 unspecified atom stereocenters. The molecule has 0 saturated carbocycles. The molecule has 1 N–H and O–H groups in total. The molecule has 5 nitrogen and oxygen atoms in total. The topological polar surface area (TPSA) is 59.8 Å². The van der Waals surface area contributed by atoms with Crippen molar-refractivity contribution in [3.8, 4) is 0 Å². The van der Waals surface area contributed by atoms with E-state index in [2.05, 4.69) is 15.3 Å². The summed E-state index contributed by atoms with van der Waals surface area (Å²) in [5.74, 6) is -0.107. The molecule has 0 fully saturated rings. The van der Waals surface area contributed by atoms with Crippen LogP contribution in [0.2, 0.25) is 10.2 Å². The number of nitrogens with one attached hydrogen (secondary N) is 1. The number of carbonyl (C=O) groups excluding carboxylic acids is 1. The normalized spacial score (nSPS) is 10.8. The molecular weight excluding hydrogens is 287 g/mol. The Balaban J connectivity index is 2.28. The summed E-state index contributed by atoms with van der Waals surface area (Å²) < 4.78 is 1.78. The minimum atomic E-state index is -0.331. The molecule has 7 heteroatoms. The summed E-state index contributed by atoms with van der Waals surface area (Å²) >= 11 is 11.8. The van der Waals surface area contributed by atoms with E-state index in [4.69, 9.17) is 23.2 Å². The molecular formula is C12H12Cl2N4O. The molecule has 0 aliphatic heterocycles. The van der Waals surface area contributed by atoms with Crippen molar-refractivity contribution in [1.82, 2.24) is 14.5 Å². The number of nitrogens with zero attached hydrogens (tertiary/aromatic N) is 3. The van der Waals surface area contributed by atoms with Crippen LogP contribution < -0.4 is 5.32 Å². The highest BCUT2D eigenvalue weighted by atomic mass is 35.5. The number of carbonyl (C=O) groups is 1. The van der Waals surface area contributed by atoms with Crippen LogP contribution in [0.5, 0.6) is 0 Å². The third-order valence-corrected chi connectivity index (χ3v) is 2.97. The maximum atomic E-state index is 12.2. The van der Waals surface area contributed by atoms with E-state index in [1.807, 2.05) is 13.8 Å². The van der Waals surface area contributed by atoms with Crippen LogP contribution in [0.1, 0.15) is 30.4 Å². The van der Waals surface area contributed by atoms with E-state index in [1.54, 1.807) is 16.8 Å². The van der Waals surface area contributed by atoms with Gasteiger partial charge in [-0.05, 0) is 19.9 Å². The van der Waals surface area contributed by atoms with E-state index in [0.717, 1.165) is 0 Å². The first-order valence-electron chi connectivity index (χ1n) is 5.64. The van der Waals surface area contributed by atoms with Gasteiger partial charge < -0.3 is 9.88 Å². The van der Waals surface area contributed by atoms with Crippen molar-refractivity contribution < 1.29 is 4.79 Å². The minimum absolute atomic E-state index is 0.116. The Bertz CT molecular complexity index is 610. The number of rotatable bonds is 3. The first-order chi connectivity index (χ1) is 8.99. The first kappa shape index (κ1) is 13.8. The molecule has 100 valence electrons. The fraction of sp³-hybridized carbons (Fsp3) is 0.250. The molecule has 2 heterocycles. The lowest BCUT2D eigenvalue weighted by atomic mass is 10.3. The van der Waals surface area contributed by atoms with Crippen LogP contribution in [0, 0.1) is 0 Å². The Labute approximate surface area is 120 Å². The molecule has 0 spiro atoms. The molecule has 0 aromatic carbocycles. The van der Waals surface area contributed by atoms with Gasteiger partial charge in [-0.2, -0.15) is 0 Å². The zero-order valence-electron chi connectivity index (χ0n) is 10.4. The summed E-state index contributed by atoms with van der Waals surface area (Å²) in [6, 6.07) is 1.71. The average molecular weight is 299 g/mol. The second-order valence-electron chi connectivity index (χ2n) is 4.19. The molecule has 0 atom stereocenters. The van der Waals surface area contributed by atoms with Crippen molar-refractivity contribution in [3.63, 3.8) is 0 Å². The van der Waals surface area contributed by atoms with Gasteiger partial charge in [0.05, 0.1) is 5.02 Å². The lowest BCUT2D eigenvalue weighted by Gasteiger charge is -2.12. The predicted molar refractivity (Wildman–Crippen MR) is 74.8 cm³/mol. The van der Waals surface area contributed by atoms with Crippen LogP contribution in [-0.2, 0) is 0 Å². The second-order valence-corrected chi connectivity index (χ2v) is 4.99. The van der Waals surface area contributed by atoms with Crippen LogP contribution in [0.25, 0.3) is 0 Å². The molecule has 2 rings (SSSR count). The van der Waals surface area contributed by atoms with E-state index in [-0.39, 0.29) is 22.9 Å². The van der Waals surface area contributed by atoms with Crippen LogP contribution in [0.3, 0.4) is 0 Å². The zero-order chi connectivity index (χ0) is 14.0. The summed E-state index contributed by atoms with van der Waals surface area (Å²) in [7, 11) is 0. The van der Waals surface area contributed by atoms with Crippen LogP contribution >= 0.6 is 23.2 Å². The quantitative estimate of drug-likeness (QED) is 0.944. The summed E-state index contributed by atoms with van der Waals surface area (Å²) in [6.45, 7) is 3.92. The van der Waals surface area contributed by atoms with Gasteiger partial charge in [0, 0.05) is 24.6 Å². The monoisotopic (exact) mass is 298 g/mol.